The van der Waals surface area contributed by atoms with E-state index in [-0.39, 0.29) is 5.54 Å². The van der Waals surface area contributed by atoms with E-state index in [1.54, 1.807) is 12.1 Å². The van der Waals surface area contributed by atoms with Gasteiger partial charge in [-0.25, -0.2) is 13.1 Å². The van der Waals surface area contributed by atoms with Crippen LogP contribution in [-0.4, -0.2) is 20.5 Å². The average molecular weight is 296 g/mol. The standard InChI is InChI=1S/C15H24N2O2S/c1-4-15(5-2,6-3)17-20(18,19)13-7-8-14-12(11-13)9-10-16-14/h7-8,11,16-17H,4-6,9-10H2,1-3H3. The Hall–Kier alpha value is -1.07. The molecule has 1 heterocycles. The third kappa shape index (κ3) is 2.83. The van der Waals surface area contributed by atoms with Crippen LogP contribution in [0, 0.1) is 0 Å². The Bertz CT molecular complexity index is 569. The van der Waals surface area contributed by atoms with Gasteiger partial charge in [0.2, 0.25) is 10.0 Å². The molecule has 0 spiro atoms. The van der Waals surface area contributed by atoms with Crippen molar-refractivity contribution in [3.8, 4) is 0 Å². The molecule has 0 amide bonds. The molecular formula is C15H24N2O2S. The number of benzene rings is 1. The van der Waals surface area contributed by atoms with Gasteiger partial charge in [-0.1, -0.05) is 20.8 Å². The summed E-state index contributed by atoms with van der Waals surface area (Å²) in [5.41, 5.74) is 1.80. The molecule has 20 heavy (non-hydrogen) atoms. The minimum Gasteiger partial charge on any atom is -0.384 e. The number of rotatable bonds is 6. The lowest BCUT2D eigenvalue weighted by Crippen LogP contribution is -2.46. The van der Waals surface area contributed by atoms with E-state index >= 15 is 0 Å². The maximum absolute atomic E-state index is 12.6. The molecule has 0 aromatic heterocycles. The minimum atomic E-state index is -3.45. The third-order valence-corrected chi connectivity index (χ3v) is 6.05. The second-order valence-corrected chi connectivity index (χ2v) is 7.12. The van der Waals surface area contributed by atoms with Gasteiger partial charge in [-0.2, -0.15) is 0 Å². The van der Waals surface area contributed by atoms with Gasteiger partial charge in [0.15, 0.2) is 0 Å². The molecule has 2 rings (SSSR count). The number of fused-ring (bicyclic) bond motifs is 1. The summed E-state index contributed by atoms with van der Waals surface area (Å²) < 4.78 is 28.1. The first-order valence-corrected chi connectivity index (χ1v) is 8.85. The van der Waals surface area contributed by atoms with Gasteiger partial charge < -0.3 is 5.32 Å². The second kappa shape index (κ2) is 5.74. The maximum atomic E-state index is 12.6. The Morgan fingerprint density at radius 2 is 1.85 bits per heavy atom. The van der Waals surface area contributed by atoms with Crippen molar-refractivity contribution in [3.63, 3.8) is 0 Å². The molecular weight excluding hydrogens is 272 g/mol. The normalized spacial score (nSPS) is 14.9. The van der Waals surface area contributed by atoms with Crippen LogP contribution in [0.5, 0.6) is 0 Å². The van der Waals surface area contributed by atoms with E-state index in [9.17, 15) is 8.42 Å². The molecule has 0 atom stereocenters. The van der Waals surface area contributed by atoms with Crippen molar-refractivity contribution in [1.82, 2.24) is 4.72 Å². The summed E-state index contributed by atoms with van der Waals surface area (Å²) in [7, 11) is -3.45. The van der Waals surface area contributed by atoms with Crippen LogP contribution < -0.4 is 10.0 Å². The van der Waals surface area contributed by atoms with Gasteiger partial charge in [0.25, 0.3) is 0 Å². The van der Waals surface area contributed by atoms with Crippen molar-refractivity contribution >= 4 is 15.7 Å². The monoisotopic (exact) mass is 296 g/mol. The fourth-order valence-electron chi connectivity index (χ4n) is 2.76. The summed E-state index contributed by atoms with van der Waals surface area (Å²) >= 11 is 0. The molecule has 0 bridgehead atoms. The Morgan fingerprint density at radius 1 is 1.20 bits per heavy atom. The van der Waals surface area contributed by atoms with Crippen molar-refractivity contribution in [2.75, 3.05) is 11.9 Å². The summed E-state index contributed by atoms with van der Waals surface area (Å²) in [5.74, 6) is 0. The molecule has 0 fully saturated rings. The highest BCUT2D eigenvalue weighted by Crippen LogP contribution is 2.27. The number of anilines is 1. The zero-order chi connectivity index (χ0) is 14.8. The maximum Gasteiger partial charge on any atom is 0.241 e. The van der Waals surface area contributed by atoms with Gasteiger partial charge >= 0.3 is 0 Å². The fourth-order valence-corrected chi connectivity index (χ4v) is 4.42. The first kappa shape index (κ1) is 15.3. The van der Waals surface area contributed by atoms with E-state index in [1.165, 1.54) is 0 Å². The molecule has 5 heteroatoms. The summed E-state index contributed by atoms with van der Waals surface area (Å²) in [4.78, 5) is 0.375. The minimum absolute atomic E-state index is 0.337. The summed E-state index contributed by atoms with van der Waals surface area (Å²) in [6, 6.07) is 5.34. The Balaban J connectivity index is 2.31. The number of nitrogens with one attached hydrogen (secondary N) is 2. The van der Waals surface area contributed by atoms with Gasteiger partial charge in [0, 0.05) is 17.8 Å². The third-order valence-electron chi connectivity index (χ3n) is 4.48. The van der Waals surface area contributed by atoms with E-state index in [0.29, 0.717) is 4.90 Å². The van der Waals surface area contributed by atoms with Crippen LogP contribution in [0.15, 0.2) is 23.1 Å². The number of hydrogen-bond donors (Lipinski definition) is 2. The van der Waals surface area contributed by atoms with Gasteiger partial charge in [-0.05, 0) is 49.4 Å². The lowest BCUT2D eigenvalue weighted by molar-refractivity contribution is 0.341. The summed E-state index contributed by atoms with van der Waals surface area (Å²) in [6.45, 7) is 6.97. The molecule has 1 aromatic rings. The SMILES string of the molecule is CCC(CC)(CC)NS(=O)(=O)c1ccc2c(c1)CCN2. The topological polar surface area (TPSA) is 58.2 Å². The van der Waals surface area contributed by atoms with Gasteiger partial charge in [0.1, 0.15) is 0 Å². The van der Waals surface area contributed by atoms with E-state index in [0.717, 1.165) is 43.5 Å². The molecule has 2 N–H and O–H groups in total. The first-order valence-electron chi connectivity index (χ1n) is 7.37. The Labute approximate surface area is 122 Å². The predicted molar refractivity (Wildman–Crippen MR) is 82.6 cm³/mol. The molecule has 0 saturated heterocycles. The molecule has 1 aliphatic heterocycles. The lowest BCUT2D eigenvalue weighted by Gasteiger charge is -2.31. The largest absolute Gasteiger partial charge is 0.384 e. The van der Waals surface area contributed by atoms with Crippen LogP contribution in [0.1, 0.15) is 45.6 Å². The molecule has 0 unspecified atom stereocenters. The quantitative estimate of drug-likeness (QED) is 0.848. The van der Waals surface area contributed by atoms with Gasteiger partial charge in [-0.15, -0.1) is 0 Å². The smallest absolute Gasteiger partial charge is 0.241 e. The van der Waals surface area contributed by atoms with Crippen LogP contribution in [0.25, 0.3) is 0 Å². The van der Waals surface area contributed by atoms with Crippen LogP contribution >= 0.6 is 0 Å². The van der Waals surface area contributed by atoms with Gasteiger partial charge in [-0.3, -0.25) is 0 Å². The highest BCUT2D eigenvalue weighted by molar-refractivity contribution is 7.89. The zero-order valence-corrected chi connectivity index (χ0v) is 13.3. The van der Waals surface area contributed by atoms with Crippen LogP contribution in [0.3, 0.4) is 0 Å². The van der Waals surface area contributed by atoms with Crippen LogP contribution in [0.2, 0.25) is 0 Å². The molecule has 1 aliphatic rings. The molecule has 4 nitrogen and oxygen atoms in total. The summed E-state index contributed by atoms with van der Waals surface area (Å²) in [6.07, 6.45) is 3.28. The van der Waals surface area contributed by atoms with Crippen molar-refractivity contribution in [3.05, 3.63) is 23.8 Å². The first-order chi connectivity index (χ1) is 9.46. The lowest BCUT2D eigenvalue weighted by atomic mass is 9.91. The highest BCUT2D eigenvalue weighted by atomic mass is 32.2. The van der Waals surface area contributed by atoms with E-state index in [4.69, 9.17) is 0 Å². The summed E-state index contributed by atoms with van der Waals surface area (Å²) in [5, 5.41) is 3.25. The molecule has 0 aliphatic carbocycles. The molecule has 0 radical (unpaired) electrons. The van der Waals surface area contributed by atoms with Crippen molar-refractivity contribution in [2.45, 2.75) is 56.9 Å². The van der Waals surface area contributed by atoms with Gasteiger partial charge in [0.05, 0.1) is 4.90 Å². The fraction of sp³-hybridized carbons (Fsp3) is 0.600. The van der Waals surface area contributed by atoms with E-state index in [2.05, 4.69) is 10.0 Å². The zero-order valence-electron chi connectivity index (χ0n) is 12.5. The predicted octanol–water partition coefficient (Wildman–Crippen LogP) is 2.90. The van der Waals surface area contributed by atoms with E-state index in [1.807, 2.05) is 26.8 Å². The molecule has 0 saturated carbocycles. The van der Waals surface area contributed by atoms with E-state index < -0.39 is 10.0 Å². The Kier molecular flexibility index (Phi) is 4.39. The van der Waals surface area contributed by atoms with Crippen molar-refractivity contribution in [2.24, 2.45) is 0 Å². The van der Waals surface area contributed by atoms with Crippen LogP contribution in [0.4, 0.5) is 5.69 Å². The number of hydrogen-bond acceptors (Lipinski definition) is 3. The average Bonchev–Trinajstić information content (AvgIpc) is 2.92. The number of sulfonamides is 1. The van der Waals surface area contributed by atoms with Crippen LogP contribution in [-0.2, 0) is 16.4 Å². The van der Waals surface area contributed by atoms with Crippen molar-refractivity contribution in [1.29, 1.82) is 0 Å². The van der Waals surface area contributed by atoms with Crippen molar-refractivity contribution < 1.29 is 8.42 Å². The second-order valence-electron chi connectivity index (χ2n) is 5.44. The molecule has 1 aromatic carbocycles. The molecule has 112 valence electrons. The Morgan fingerprint density at radius 3 is 2.45 bits per heavy atom. The highest BCUT2D eigenvalue weighted by Gasteiger charge is 2.30.